The van der Waals surface area contributed by atoms with Crippen molar-refractivity contribution < 1.29 is 18.8 Å². The van der Waals surface area contributed by atoms with Gasteiger partial charge in [0.2, 0.25) is 0 Å². The van der Waals surface area contributed by atoms with Crippen molar-refractivity contribution in [2.24, 2.45) is 11.8 Å². The number of hydrogen-bond donors (Lipinski definition) is 0. The van der Waals surface area contributed by atoms with Gasteiger partial charge in [0, 0.05) is 24.3 Å². The fraction of sp³-hybridized carbons (Fsp3) is 0.650. The molecule has 3 rings (SSSR count). The van der Waals surface area contributed by atoms with Crippen LogP contribution in [0.1, 0.15) is 63.9 Å². The first-order valence-electron chi connectivity index (χ1n) is 9.61. The number of nitro groups is 1. The number of rotatable bonds is 5. The lowest BCUT2D eigenvalue weighted by molar-refractivity contribution is -0.385. The Balaban J connectivity index is 1.77. The molecule has 5 nitrogen and oxygen atoms in total. The number of ether oxygens (including phenoxy) is 1. The molecule has 2 fully saturated rings. The van der Waals surface area contributed by atoms with Crippen LogP contribution >= 0.6 is 0 Å². The number of carbonyl (C=O) groups excluding carboxylic acids is 1. The summed E-state index contributed by atoms with van der Waals surface area (Å²) in [4.78, 5) is 21.9. The number of halogens is 1. The van der Waals surface area contributed by atoms with Gasteiger partial charge in [0.15, 0.2) is 11.6 Å². The highest BCUT2D eigenvalue weighted by Crippen LogP contribution is 2.49. The normalized spacial score (nSPS) is 25.8. The van der Waals surface area contributed by atoms with Gasteiger partial charge in [-0.1, -0.05) is 38.5 Å². The van der Waals surface area contributed by atoms with Gasteiger partial charge in [-0.2, -0.15) is 0 Å². The van der Waals surface area contributed by atoms with Gasteiger partial charge in [-0.3, -0.25) is 14.9 Å². The first-order valence-corrected chi connectivity index (χ1v) is 9.61. The van der Waals surface area contributed by atoms with Crippen molar-refractivity contribution in [1.82, 2.24) is 0 Å². The molecule has 2 unspecified atom stereocenters. The van der Waals surface area contributed by atoms with E-state index < -0.39 is 10.7 Å². The zero-order valence-corrected chi connectivity index (χ0v) is 15.2. The molecule has 26 heavy (non-hydrogen) atoms. The number of nitro benzene ring substituents is 1. The second-order valence-corrected chi connectivity index (χ2v) is 7.62. The first-order chi connectivity index (χ1) is 12.5. The molecular weight excluding hydrogens is 337 g/mol. The third-order valence-corrected chi connectivity index (χ3v) is 5.65. The van der Waals surface area contributed by atoms with E-state index in [1.54, 1.807) is 0 Å². The minimum absolute atomic E-state index is 0.00534. The predicted octanol–water partition coefficient (Wildman–Crippen LogP) is 4.99. The molecule has 2 saturated carbocycles. The van der Waals surface area contributed by atoms with E-state index in [0.29, 0.717) is 11.8 Å². The first kappa shape index (κ1) is 18.8. The van der Waals surface area contributed by atoms with Crippen molar-refractivity contribution in [2.45, 2.75) is 70.8 Å². The van der Waals surface area contributed by atoms with E-state index >= 15 is 0 Å². The van der Waals surface area contributed by atoms with Gasteiger partial charge in [-0.25, -0.2) is 4.39 Å². The van der Waals surface area contributed by atoms with E-state index in [4.69, 9.17) is 4.74 Å². The lowest BCUT2D eigenvalue weighted by Gasteiger charge is -2.10. The van der Waals surface area contributed by atoms with Crippen molar-refractivity contribution in [3.63, 3.8) is 0 Å². The zero-order valence-electron chi connectivity index (χ0n) is 15.2. The summed E-state index contributed by atoms with van der Waals surface area (Å²) in [5.74, 6) is -0.120. The van der Waals surface area contributed by atoms with Crippen LogP contribution in [0.4, 0.5) is 10.1 Å². The molecule has 0 spiro atoms. The van der Waals surface area contributed by atoms with Crippen molar-refractivity contribution in [3.05, 3.63) is 33.6 Å². The highest BCUT2D eigenvalue weighted by molar-refractivity contribution is 5.79. The van der Waals surface area contributed by atoms with Crippen molar-refractivity contribution >= 4 is 11.5 Å². The molecule has 2 aliphatic rings. The van der Waals surface area contributed by atoms with E-state index in [-0.39, 0.29) is 35.3 Å². The molecule has 2 atom stereocenters. The summed E-state index contributed by atoms with van der Waals surface area (Å²) in [5, 5.41) is 11.1. The Morgan fingerprint density at radius 3 is 2.27 bits per heavy atom. The predicted molar refractivity (Wildman–Crippen MR) is 95.8 cm³/mol. The molecular formula is C20H26FNO4. The Morgan fingerprint density at radius 1 is 1.15 bits per heavy atom. The van der Waals surface area contributed by atoms with Gasteiger partial charge in [0.1, 0.15) is 11.9 Å². The monoisotopic (exact) mass is 363 g/mol. The summed E-state index contributed by atoms with van der Waals surface area (Å²) in [6.45, 7) is 1.30. The van der Waals surface area contributed by atoms with Gasteiger partial charge < -0.3 is 4.74 Å². The van der Waals surface area contributed by atoms with Crippen LogP contribution in [0.3, 0.4) is 0 Å². The maximum absolute atomic E-state index is 14.8. The minimum Gasteiger partial charge on any atom is -0.487 e. The average Bonchev–Trinajstić information content (AvgIpc) is 3.25. The fourth-order valence-electron chi connectivity index (χ4n) is 4.22. The molecule has 0 heterocycles. The fourth-order valence-corrected chi connectivity index (χ4v) is 4.22. The topological polar surface area (TPSA) is 69.4 Å². The standard InChI is InChI=1S/C20H26FNO4/c1-13(23)12-16-17(22(24)25)10-11-18(19(16)21)26-20-14-8-6-4-2-3-5-7-9-15(14)20/h10-11,14-15,20H,2-9,12H2,1H3. The quantitative estimate of drug-likeness (QED) is 0.546. The summed E-state index contributed by atoms with van der Waals surface area (Å²) >= 11 is 0. The number of fused-ring (bicyclic) bond motifs is 1. The average molecular weight is 363 g/mol. The number of hydrogen-bond acceptors (Lipinski definition) is 4. The minimum atomic E-state index is -0.761. The SMILES string of the molecule is CC(=O)Cc1c([N+](=O)[O-])ccc(OC2C3CCCCCCCCC32)c1F. The van der Waals surface area contributed by atoms with Crippen LogP contribution in [-0.2, 0) is 11.2 Å². The van der Waals surface area contributed by atoms with Crippen molar-refractivity contribution in [1.29, 1.82) is 0 Å². The van der Waals surface area contributed by atoms with Crippen molar-refractivity contribution in [2.75, 3.05) is 0 Å². The van der Waals surface area contributed by atoms with Crippen LogP contribution in [-0.4, -0.2) is 16.8 Å². The molecule has 0 amide bonds. The van der Waals surface area contributed by atoms with E-state index in [2.05, 4.69) is 0 Å². The highest BCUT2D eigenvalue weighted by Gasteiger charge is 2.51. The molecule has 0 saturated heterocycles. The third-order valence-electron chi connectivity index (χ3n) is 5.65. The van der Waals surface area contributed by atoms with Gasteiger partial charge in [-0.15, -0.1) is 0 Å². The zero-order chi connectivity index (χ0) is 18.7. The second-order valence-electron chi connectivity index (χ2n) is 7.62. The summed E-state index contributed by atoms with van der Waals surface area (Å²) < 4.78 is 20.8. The summed E-state index contributed by atoms with van der Waals surface area (Å²) in [6.07, 6.45) is 9.32. The highest BCUT2D eigenvalue weighted by atomic mass is 19.1. The Bertz CT molecular complexity index is 675. The van der Waals surface area contributed by atoms with Gasteiger partial charge in [0.25, 0.3) is 5.69 Å². The maximum atomic E-state index is 14.8. The van der Waals surface area contributed by atoms with Gasteiger partial charge >= 0.3 is 0 Å². The molecule has 0 N–H and O–H groups in total. The Kier molecular flexibility index (Phi) is 5.89. The summed E-state index contributed by atoms with van der Waals surface area (Å²) in [7, 11) is 0. The number of benzene rings is 1. The number of nitrogens with zero attached hydrogens (tertiary/aromatic N) is 1. The van der Waals surface area contributed by atoms with Crippen LogP contribution in [0.5, 0.6) is 5.75 Å². The Labute approximate surface area is 153 Å². The van der Waals surface area contributed by atoms with Crippen LogP contribution in [0.25, 0.3) is 0 Å². The third kappa shape index (κ3) is 4.22. The summed E-state index contributed by atoms with van der Waals surface area (Å²) in [6, 6.07) is 2.58. The summed E-state index contributed by atoms with van der Waals surface area (Å²) in [5.41, 5.74) is -0.536. The molecule has 1 aromatic carbocycles. The maximum Gasteiger partial charge on any atom is 0.276 e. The lowest BCUT2D eigenvalue weighted by atomic mass is 10.0. The molecule has 0 bridgehead atoms. The van der Waals surface area contributed by atoms with Crippen LogP contribution < -0.4 is 4.74 Å². The number of Topliss-reactive ketones (excluding diaryl/α,β-unsaturated/α-hetero) is 1. The molecule has 2 aliphatic carbocycles. The second kappa shape index (κ2) is 8.14. The molecule has 0 aromatic heterocycles. The molecule has 0 radical (unpaired) electrons. The Hall–Kier alpha value is -1.98. The van der Waals surface area contributed by atoms with E-state index in [0.717, 1.165) is 12.8 Å². The van der Waals surface area contributed by atoms with E-state index in [1.807, 2.05) is 0 Å². The lowest BCUT2D eigenvalue weighted by Crippen LogP contribution is -2.09. The van der Waals surface area contributed by atoms with Crippen LogP contribution in [0, 0.1) is 27.8 Å². The molecule has 6 heteroatoms. The Morgan fingerprint density at radius 2 is 1.73 bits per heavy atom. The van der Waals surface area contributed by atoms with Gasteiger partial charge in [-0.05, 0) is 25.8 Å². The largest absolute Gasteiger partial charge is 0.487 e. The van der Waals surface area contributed by atoms with E-state index in [1.165, 1.54) is 57.6 Å². The molecule has 0 aliphatic heterocycles. The molecule has 1 aromatic rings. The van der Waals surface area contributed by atoms with Crippen LogP contribution in [0.15, 0.2) is 12.1 Å². The van der Waals surface area contributed by atoms with Crippen LogP contribution in [0.2, 0.25) is 0 Å². The number of ketones is 1. The van der Waals surface area contributed by atoms with E-state index in [9.17, 15) is 19.3 Å². The number of carbonyl (C=O) groups is 1. The van der Waals surface area contributed by atoms with Crippen molar-refractivity contribution in [3.8, 4) is 5.75 Å². The smallest absolute Gasteiger partial charge is 0.276 e. The molecule has 142 valence electrons. The van der Waals surface area contributed by atoms with Gasteiger partial charge in [0.05, 0.1) is 10.5 Å².